The van der Waals surface area contributed by atoms with Crippen molar-refractivity contribution < 1.29 is 23.8 Å². The number of benzene rings is 2. The number of fused-ring (bicyclic) bond motifs is 2. The molecule has 2 amide bonds. The number of thiazole rings is 1. The summed E-state index contributed by atoms with van der Waals surface area (Å²) in [5.41, 5.74) is 1.45. The zero-order valence-electron chi connectivity index (χ0n) is 20.8. The highest BCUT2D eigenvalue weighted by molar-refractivity contribution is 7.22. The Kier molecular flexibility index (Phi) is 6.70. The van der Waals surface area contributed by atoms with Gasteiger partial charge in [-0.3, -0.25) is 5.32 Å². The van der Waals surface area contributed by atoms with Crippen molar-refractivity contribution in [2.45, 2.75) is 26.4 Å². The standard InChI is InChI=1S/C25H24ClFN6O4S/c1-25(2,3)37-23(34)31-22-30-19-13(4-5-17(27)20(19)38-22)14-11-18-15(10-16(14)26)21(29-12-28-18)32-6-8-33(9-7-32)24(35)36/h4-5,10-12H,6-9H2,1-3H3,(H,35,36)(H,30,31,34). The minimum atomic E-state index is -0.943. The van der Waals surface area contributed by atoms with E-state index in [2.05, 4.69) is 20.3 Å². The van der Waals surface area contributed by atoms with Gasteiger partial charge in [0.15, 0.2) is 5.13 Å². The van der Waals surface area contributed by atoms with Crippen LogP contribution in [0, 0.1) is 5.82 Å². The molecule has 38 heavy (non-hydrogen) atoms. The molecular formula is C25H24ClFN6O4S. The van der Waals surface area contributed by atoms with E-state index in [1.165, 1.54) is 17.3 Å². The van der Waals surface area contributed by atoms with Crippen LogP contribution in [0.3, 0.4) is 0 Å². The summed E-state index contributed by atoms with van der Waals surface area (Å²) < 4.78 is 20.3. The predicted molar refractivity (Wildman–Crippen MR) is 145 cm³/mol. The topological polar surface area (TPSA) is 121 Å². The van der Waals surface area contributed by atoms with E-state index in [1.807, 2.05) is 4.90 Å². The van der Waals surface area contributed by atoms with Gasteiger partial charge in [0.1, 0.15) is 23.6 Å². The molecule has 198 valence electrons. The molecule has 5 rings (SSSR count). The van der Waals surface area contributed by atoms with Crippen LogP contribution in [-0.4, -0.2) is 68.9 Å². The van der Waals surface area contributed by atoms with Crippen molar-refractivity contribution in [1.29, 1.82) is 0 Å². The third-order valence-electron chi connectivity index (χ3n) is 5.95. The molecule has 3 heterocycles. The number of piperazine rings is 1. The Morgan fingerprint density at radius 2 is 1.87 bits per heavy atom. The lowest BCUT2D eigenvalue weighted by molar-refractivity contribution is 0.0636. The lowest BCUT2D eigenvalue weighted by Gasteiger charge is -2.34. The maximum absolute atomic E-state index is 14.7. The fourth-order valence-electron chi connectivity index (χ4n) is 4.27. The number of carbonyl (C=O) groups is 2. The van der Waals surface area contributed by atoms with Gasteiger partial charge < -0.3 is 19.6 Å². The molecule has 2 aromatic heterocycles. The number of carboxylic acid groups (broad SMARTS) is 1. The second kappa shape index (κ2) is 9.84. The first-order chi connectivity index (χ1) is 18.0. The number of carbonyl (C=O) groups excluding carboxylic acids is 1. The van der Waals surface area contributed by atoms with Gasteiger partial charge in [0, 0.05) is 47.7 Å². The molecule has 1 saturated heterocycles. The third kappa shape index (κ3) is 5.14. The van der Waals surface area contributed by atoms with Crippen LogP contribution in [0.15, 0.2) is 30.6 Å². The van der Waals surface area contributed by atoms with E-state index in [0.29, 0.717) is 64.6 Å². The van der Waals surface area contributed by atoms with Crippen molar-refractivity contribution >= 4 is 67.2 Å². The molecule has 0 radical (unpaired) electrons. The molecule has 13 heteroatoms. The van der Waals surface area contributed by atoms with Crippen LogP contribution in [-0.2, 0) is 4.74 Å². The Morgan fingerprint density at radius 3 is 2.55 bits per heavy atom. The molecule has 1 aliphatic heterocycles. The summed E-state index contributed by atoms with van der Waals surface area (Å²) in [5, 5.41) is 13.1. The zero-order chi connectivity index (χ0) is 27.2. The van der Waals surface area contributed by atoms with E-state index < -0.39 is 23.6 Å². The van der Waals surface area contributed by atoms with Gasteiger partial charge in [0.25, 0.3) is 0 Å². The molecule has 10 nitrogen and oxygen atoms in total. The van der Waals surface area contributed by atoms with Crippen molar-refractivity contribution in [1.82, 2.24) is 19.9 Å². The molecule has 0 unspecified atom stereocenters. The predicted octanol–water partition coefficient (Wildman–Crippen LogP) is 5.85. The smallest absolute Gasteiger partial charge is 0.413 e. The number of hydrogen-bond donors (Lipinski definition) is 2. The van der Waals surface area contributed by atoms with Crippen LogP contribution in [0.2, 0.25) is 5.02 Å². The van der Waals surface area contributed by atoms with Gasteiger partial charge >= 0.3 is 12.2 Å². The molecular weight excluding hydrogens is 535 g/mol. The van der Waals surface area contributed by atoms with Crippen LogP contribution in [0.4, 0.5) is 24.9 Å². The normalized spacial score (nSPS) is 14.2. The number of rotatable bonds is 3. The van der Waals surface area contributed by atoms with E-state index in [9.17, 15) is 19.1 Å². The molecule has 2 N–H and O–H groups in total. The first kappa shape index (κ1) is 25.9. The van der Waals surface area contributed by atoms with Gasteiger partial charge in [0.2, 0.25) is 0 Å². The lowest BCUT2D eigenvalue weighted by Crippen LogP contribution is -2.48. The fourth-order valence-corrected chi connectivity index (χ4v) is 5.42. The molecule has 0 aliphatic carbocycles. The Hall–Kier alpha value is -3.77. The third-order valence-corrected chi connectivity index (χ3v) is 7.24. The SMILES string of the molecule is CC(C)(C)OC(=O)Nc1nc2c(-c3cc4ncnc(N5CCN(C(=O)O)CC5)c4cc3Cl)ccc(F)c2s1. The average Bonchev–Trinajstić information content (AvgIpc) is 3.27. The Morgan fingerprint density at radius 1 is 1.13 bits per heavy atom. The summed E-state index contributed by atoms with van der Waals surface area (Å²) in [7, 11) is 0. The van der Waals surface area contributed by atoms with Gasteiger partial charge in [-0.15, -0.1) is 0 Å². The molecule has 0 bridgehead atoms. The summed E-state index contributed by atoms with van der Waals surface area (Å²) in [6, 6.07) is 6.48. The van der Waals surface area contributed by atoms with Crippen molar-refractivity contribution in [2.24, 2.45) is 0 Å². The molecule has 2 aromatic carbocycles. The van der Waals surface area contributed by atoms with Crippen molar-refractivity contribution in [3.63, 3.8) is 0 Å². The van der Waals surface area contributed by atoms with Crippen LogP contribution >= 0.6 is 22.9 Å². The van der Waals surface area contributed by atoms with E-state index in [0.717, 1.165) is 11.3 Å². The molecule has 1 fully saturated rings. The summed E-state index contributed by atoms with van der Waals surface area (Å²) in [6.45, 7) is 6.94. The minimum Gasteiger partial charge on any atom is -0.465 e. The highest BCUT2D eigenvalue weighted by atomic mass is 35.5. The molecule has 0 saturated carbocycles. The van der Waals surface area contributed by atoms with E-state index in [-0.39, 0.29) is 9.83 Å². The Balaban J connectivity index is 1.51. The second-order valence-corrected chi connectivity index (χ2v) is 11.1. The molecule has 1 aliphatic rings. The summed E-state index contributed by atoms with van der Waals surface area (Å²) in [4.78, 5) is 40.2. The number of anilines is 2. The summed E-state index contributed by atoms with van der Waals surface area (Å²) >= 11 is 7.75. The maximum atomic E-state index is 14.7. The summed E-state index contributed by atoms with van der Waals surface area (Å²) in [6.07, 6.45) is -0.178. The molecule has 4 aromatic rings. The Bertz CT molecular complexity index is 1570. The van der Waals surface area contributed by atoms with Gasteiger partial charge in [-0.1, -0.05) is 22.9 Å². The molecule has 0 spiro atoms. The number of nitrogens with one attached hydrogen (secondary N) is 1. The second-order valence-electron chi connectivity index (χ2n) is 9.72. The van der Waals surface area contributed by atoms with Crippen molar-refractivity contribution in [3.05, 3.63) is 41.4 Å². The van der Waals surface area contributed by atoms with Crippen LogP contribution in [0.5, 0.6) is 0 Å². The molecule has 0 atom stereocenters. The average molecular weight is 559 g/mol. The van der Waals surface area contributed by atoms with Gasteiger partial charge in [0.05, 0.1) is 15.7 Å². The van der Waals surface area contributed by atoms with Gasteiger partial charge in [-0.2, -0.15) is 0 Å². The fraction of sp³-hybridized carbons (Fsp3) is 0.320. The number of halogens is 2. The number of nitrogens with zero attached hydrogens (tertiary/aromatic N) is 5. The first-order valence-electron chi connectivity index (χ1n) is 11.8. The highest BCUT2D eigenvalue weighted by Crippen LogP contribution is 2.40. The van der Waals surface area contributed by atoms with Gasteiger partial charge in [-0.25, -0.2) is 28.9 Å². The summed E-state index contributed by atoms with van der Waals surface area (Å²) in [5.74, 6) is 0.191. The number of amides is 2. The maximum Gasteiger partial charge on any atom is 0.413 e. The number of ether oxygens (including phenoxy) is 1. The van der Waals surface area contributed by atoms with Gasteiger partial charge in [-0.05, 0) is 45.0 Å². The van der Waals surface area contributed by atoms with E-state index in [1.54, 1.807) is 39.0 Å². The van der Waals surface area contributed by atoms with Crippen molar-refractivity contribution in [2.75, 3.05) is 36.4 Å². The van der Waals surface area contributed by atoms with Crippen LogP contribution in [0.1, 0.15) is 20.8 Å². The number of aromatic nitrogens is 3. The zero-order valence-corrected chi connectivity index (χ0v) is 22.4. The quantitative estimate of drug-likeness (QED) is 0.321. The van der Waals surface area contributed by atoms with E-state index >= 15 is 0 Å². The highest BCUT2D eigenvalue weighted by Gasteiger charge is 2.24. The van der Waals surface area contributed by atoms with E-state index in [4.69, 9.17) is 16.3 Å². The lowest BCUT2D eigenvalue weighted by atomic mass is 10.0. The minimum absolute atomic E-state index is 0.197. The first-order valence-corrected chi connectivity index (χ1v) is 13.0. The Labute approximate surface area is 226 Å². The van der Waals surface area contributed by atoms with Crippen LogP contribution in [0.25, 0.3) is 32.2 Å². The monoisotopic (exact) mass is 558 g/mol. The number of hydrogen-bond acceptors (Lipinski definition) is 8. The largest absolute Gasteiger partial charge is 0.465 e. The van der Waals surface area contributed by atoms with Crippen molar-refractivity contribution in [3.8, 4) is 11.1 Å². The van der Waals surface area contributed by atoms with Crippen LogP contribution < -0.4 is 10.2 Å².